The number of rotatable bonds is 2. The Bertz CT molecular complexity index is 507. The monoisotopic (exact) mass is 317 g/mol. The summed E-state index contributed by atoms with van der Waals surface area (Å²) in [6, 6.07) is 5.86. The lowest BCUT2D eigenvalue weighted by Gasteiger charge is -2.24. The molecule has 0 amide bonds. The van der Waals surface area contributed by atoms with Gasteiger partial charge in [0.25, 0.3) is 0 Å². The summed E-state index contributed by atoms with van der Waals surface area (Å²) in [5.41, 5.74) is 1.16. The van der Waals surface area contributed by atoms with E-state index >= 15 is 0 Å². The second-order valence-electron chi connectivity index (χ2n) is 4.46. The van der Waals surface area contributed by atoms with Crippen molar-refractivity contribution in [1.29, 1.82) is 0 Å². The zero-order chi connectivity index (χ0) is 12.5. The van der Waals surface area contributed by atoms with Gasteiger partial charge in [0.05, 0.1) is 4.90 Å². The first-order chi connectivity index (χ1) is 7.98. The van der Waals surface area contributed by atoms with Crippen molar-refractivity contribution < 1.29 is 8.42 Å². The molecular weight excluding hydrogens is 302 g/mol. The highest BCUT2D eigenvalue weighted by Crippen LogP contribution is 2.29. The average Bonchev–Trinajstić information content (AvgIpc) is 2.28. The summed E-state index contributed by atoms with van der Waals surface area (Å²) in [5.74, 6) is 0. The molecule has 1 N–H and O–H groups in total. The van der Waals surface area contributed by atoms with E-state index in [-0.39, 0.29) is 0 Å². The third-order valence-corrected chi connectivity index (χ3v) is 5.14. The molecule has 3 nitrogen and oxygen atoms in total. The van der Waals surface area contributed by atoms with Crippen LogP contribution in [0, 0.1) is 0 Å². The van der Waals surface area contributed by atoms with E-state index in [1.54, 1.807) is 6.07 Å². The van der Waals surface area contributed by atoms with Crippen LogP contribution in [0.5, 0.6) is 0 Å². The summed E-state index contributed by atoms with van der Waals surface area (Å²) in [6.45, 7) is 1.04. The number of piperidine rings is 1. The van der Waals surface area contributed by atoms with Gasteiger partial charge in [0.1, 0.15) is 0 Å². The van der Waals surface area contributed by atoms with Gasteiger partial charge in [-0.25, -0.2) is 8.42 Å². The molecule has 1 heterocycles. The van der Waals surface area contributed by atoms with Gasteiger partial charge in [0.15, 0.2) is 9.84 Å². The Labute approximate surface area is 111 Å². The minimum atomic E-state index is -3.15. The topological polar surface area (TPSA) is 46.2 Å². The lowest BCUT2D eigenvalue weighted by atomic mass is 9.98. The van der Waals surface area contributed by atoms with Gasteiger partial charge in [-0.05, 0) is 53.0 Å². The lowest BCUT2D eigenvalue weighted by molar-refractivity contribution is 0.412. The molecule has 0 spiro atoms. The lowest BCUT2D eigenvalue weighted by Crippen LogP contribution is -2.26. The van der Waals surface area contributed by atoms with Crippen molar-refractivity contribution >= 4 is 25.8 Å². The van der Waals surface area contributed by atoms with Gasteiger partial charge in [-0.3, -0.25) is 0 Å². The number of sulfone groups is 1. The standard InChI is InChI=1S/C12H16BrNO2S/c1-17(15,16)12-6-5-9(8-10(12)13)11-4-2-3-7-14-11/h5-6,8,11,14H,2-4,7H2,1H3. The van der Waals surface area contributed by atoms with Gasteiger partial charge in [-0.1, -0.05) is 12.5 Å². The molecule has 0 aromatic heterocycles. The van der Waals surface area contributed by atoms with E-state index in [1.807, 2.05) is 12.1 Å². The second-order valence-corrected chi connectivity index (χ2v) is 7.30. The average molecular weight is 318 g/mol. The summed E-state index contributed by atoms with van der Waals surface area (Å²) in [7, 11) is -3.15. The maximum atomic E-state index is 11.5. The van der Waals surface area contributed by atoms with Gasteiger partial charge in [-0.2, -0.15) is 0 Å². The molecule has 0 aliphatic carbocycles. The van der Waals surface area contributed by atoms with Crippen molar-refractivity contribution in [3.8, 4) is 0 Å². The highest BCUT2D eigenvalue weighted by Gasteiger charge is 2.17. The Balaban J connectivity index is 2.30. The van der Waals surface area contributed by atoms with Crippen LogP contribution in [0.2, 0.25) is 0 Å². The SMILES string of the molecule is CS(=O)(=O)c1ccc(C2CCCCN2)cc1Br. The summed E-state index contributed by atoms with van der Waals surface area (Å²) in [5, 5.41) is 3.45. The van der Waals surface area contributed by atoms with Gasteiger partial charge in [0, 0.05) is 16.8 Å². The normalized spacial score (nSPS) is 21.4. The molecule has 0 saturated carbocycles. The highest BCUT2D eigenvalue weighted by molar-refractivity contribution is 9.10. The molecule has 94 valence electrons. The van der Waals surface area contributed by atoms with Crippen LogP contribution in [0.15, 0.2) is 27.6 Å². The van der Waals surface area contributed by atoms with Crippen LogP contribution in [0.1, 0.15) is 30.9 Å². The van der Waals surface area contributed by atoms with E-state index < -0.39 is 9.84 Å². The molecule has 2 rings (SSSR count). The minimum Gasteiger partial charge on any atom is -0.310 e. The molecule has 1 fully saturated rings. The Hall–Kier alpha value is -0.390. The van der Waals surface area contributed by atoms with Crippen molar-refractivity contribution in [1.82, 2.24) is 5.32 Å². The van der Waals surface area contributed by atoms with Crippen LogP contribution < -0.4 is 5.32 Å². The zero-order valence-corrected chi connectivity index (χ0v) is 12.1. The fourth-order valence-electron chi connectivity index (χ4n) is 2.17. The maximum Gasteiger partial charge on any atom is 0.176 e. The first kappa shape index (κ1) is 13.1. The van der Waals surface area contributed by atoms with E-state index in [0.717, 1.165) is 18.5 Å². The molecule has 1 saturated heterocycles. The molecule has 1 aliphatic heterocycles. The van der Waals surface area contributed by atoms with Crippen molar-refractivity contribution in [3.63, 3.8) is 0 Å². The third-order valence-electron chi connectivity index (χ3n) is 3.07. The number of halogens is 1. The fourth-order valence-corrected chi connectivity index (χ4v) is 4.18. The van der Waals surface area contributed by atoms with Crippen molar-refractivity contribution in [2.24, 2.45) is 0 Å². The molecule has 5 heteroatoms. The zero-order valence-electron chi connectivity index (χ0n) is 9.74. The summed E-state index contributed by atoms with van der Waals surface area (Å²) >= 11 is 3.34. The molecule has 1 aromatic rings. The predicted molar refractivity (Wildman–Crippen MR) is 71.8 cm³/mol. The van der Waals surface area contributed by atoms with E-state index in [1.165, 1.54) is 19.1 Å². The van der Waals surface area contributed by atoms with Crippen LogP contribution >= 0.6 is 15.9 Å². The van der Waals surface area contributed by atoms with E-state index in [4.69, 9.17) is 0 Å². The van der Waals surface area contributed by atoms with E-state index in [2.05, 4.69) is 21.2 Å². The molecule has 17 heavy (non-hydrogen) atoms. The second kappa shape index (κ2) is 5.08. The Kier molecular flexibility index (Phi) is 3.90. The van der Waals surface area contributed by atoms with E-state index in [0.29, 0.717) is 15.4 Å². The summed E-state index contributed by atoms with van der Waals surface area (Å²) < 4.78 is 23.6. The van der Waals surface area contributed by atoms with Crippen LogP contribution in [-0.4, -0.2) is 21.2 Å². The quantitative estimate of drug-likeness (QED) is 0.912. The van der Waals surface area contributed by atoms with Gasteiger partial charge in [0.2, 0.25) is 0 Å². The van der Waals surface area contributed by atoms with Crippen LogP contribution in [-0.2, 0) is 9.84 Å². The Morgan fingerprint density at radius 3 is 2.65 bits per heavy atom. The minimum absolute atomic E-state index is 0.355. The molecule has 1 atom stereocenters. The Morgan fingerprint density at radius 2 is 2.12 bits per heavy atom. The van der Waals surface area contributed by atoms with Crippen LogP contribution in [0.3, 0.4) is 0 Å². The van der Waals surface area contributed by atoms with E-state index in [9.17, 15) is 8.42 Å². The van der Waals surface area contributed by atoms with Gasteiger partial charge < -0.3 is 5.32 Å². The highest BCUT2D eigenvalue weighted by atomic mass is 79.9. The Morgan fingerprint density at radius 1 is 1.35 bits per heavy atom. The number of hydrogen-bond acceptors (Lipinski definition) is 3. The summed E-state index contributed by atoms with van der Waals surface area (Å²) in [6.07, 6.45) is 4.79. The van der Waals surface area contributed by atoms with Crippen molar-refractivity contribution in [2.75, 3.05) is 12.8 Å². The third kappa shape index (κ3) is 3.09. The molecule has 1 aromatic carbocycles. The molecule has 0 radical (unpaired) electrons. The first-order valence-electron chi connectivity index (χ1n) is 5.71. The fraction of sp³-hybridized carbons (Fsp3) is 0.500. The molecule has 0 bridgehead atoms. The maximum absolute atomic E-state index is 11.5. The molecule has 1 aliphatic rings. The molecular formula is C12H16BrNO2S. The first-order valence-corrected chi connectivity index (χ1v) is 8.40. The van der Waals surface area contributed by atoms with Crippen molar-refractivity contribution in [2.45, 2.75) is 30.2 Å². The van der Waals surface area contributed by atoms with Crippen LogP contribution in [0.25, 0.3) is 0 Å². The number of benzene rings is 1. The van der Waals surface area contributed by atoms with Crippen LogP contribution in [0.4, 0.5) is 0 Å². The summed E-state index contributed by atoms with van der Waals surface area (Å²) in [4.78, 5) is 0.358. The van der Waals surface area contributed by atoms with Gasteiger partial charge >= 0.3 is 0 Å². The predicted octanol–water partition coefficient (Wildman–Crippen LogP) is 2.67. The number of hydrogen-bond donors (Lipinski definition) is 1. The molecule has 1 unspecified atom stereocenters. The number of nitrogens with one attached hydrogen (secondary N) is 1. The van der Waals surface area contributed by atoms with Gasteiger partial charge in [-0.15, -0.1) is 0 Å². The van der Waals surface area contributed by atoms with Crippen molar-refractivity contribution in [3.05, 3.63) is 28.2 Å². The smallest absolute Gasteiger partial charge is 0.176 e. The largest absolute Gasteiger partial charge is 0.310 e.